The number of fused-ring (bicyclic) bond motifs is 1. The molecule has 2 fully saturated rings. The fraction of sp³-hybridized carbons (Fsp3) is 0.562. The molecule has 0 unspecified atom stereocenters. The average Bonchev–Trinajstić information content (AvgIpc) is 2.92. The maximum absolute atomic E-state index is 13.4. The van der Waals surface area contributed by atoms with Crippen LogP contribution in [0.2, 0.25) is 0 Å². The number of carbonyl (C=O) groups excluding carboxylic acids is 2. The number of piperidine rings is 1. The van der Waals surface area contributed by atoms with Gasteiger partial charge in [0.2, 0.25) is 0 Å². The van der Waals surface area contributed by atoms with Gasteiger partial charge in [0.05, 0.1) is 12.1 Å². The van der Waals surface area contributed by atoms with Crippen LogP contribution in [0.4, 0.5) is 16.2 Å². The Kier molecular flexibility index (Phi) is 8.63. The van der Waals surface area contributed by atoms with Gasteiger partial charge < -0.3 is 30.5 Å². The van der Waals surface area contributed by atoms with Crippen LogP contribution in [-0.2, 0) is 17.7 Å². The van der Waals surface area contributed by atoms with Gasteiger partial charge in [-0.05, 0) is 107 Å². The Hall–Kier alpha value is -3.46. The summed E-state index contributed by atoms with van der Waals surface area (Å²) in [5, 5.41) is 27.8. The van der Waals surface area contributed by atoms with E-state index in [1.54, 1.807) is 32.9 Å². The van der Waals surface area contributed by atoms with Crippen LogP contribution in [-0.4, -0.2) is 70.5 Å². The molecule has 41 heavy (non-hydrogen) atoms. The third kappa shape index (κ3) is 7.25. The second-order valence-corrected chi connectivity index (χ2v) is 12.7. The first-order valence-corrected chi connectivity index (χ1v) is 15.0. The number of rotatable bonds is 7. The molecular weight excluding hydrogens is 520 g/mol. The van der Waals surface area contributed by atoms with Crippen molar-refractivity contribution < 1.29 is 24.5 Å². The van der Waals surface area contributed by atoms with Crippen molar-refractivity contribution >= 4 is 23.4 Å². The monoisotopic (exact) mass is 564 g/mol. The van der Waals surface area contributed by atoms with Crippen molar-refractivity contribution in [3.63, 3.8) is 0 Å². The maximum atomic E-state index is 13.4. The number of carbonyl (C=O) groups is 2. The highest BCUT2D eigenvalue weighted by Gasteiger charge is 2.37. The van der Waals surface area contributed by atoms with Gasteiger partial charge in [0.1, 0.15) is 11.4 Å². The molecule has 2 aromatic carbocycles. The number of amides is 2. The highest BCUT2D eigenvalue weighted by Crippen LogP contribution is 2.31. The fourth-order valence-corrected chi connectivity index (χ4v) is 5.84. The first kappa shape index (κ1) is 29.0. The van der Waals surface area contributed by atoms with E-state index in [-0.39, 0.29) is 24.7 Å². The molecule has 1 saturated heterocycles. The largest absolute Gasteiger partial charge is 0.508 e. The fourth-order valence-electron chi connectivity index (χ4n) is 5.84. The van der Waals surface area contributed by atoms with E-state index in [1.807, 2.05) is 18.2 Å². The van der Waals surface area contributed by atoms with E-state index in [0.29, 0.717) is 18.0 Å². The van der Waals surface area contributed by atoms with Crippen molar-refractivity contribution in [2.45, 2.75) is 96.1 Å². The Balaban J connectivity index is 1.31. The van der Waals surface area contributed by atoms with Crippen molar-refractivity contribution in [2.24, 2.45) is 0 Å². The number of aliphatic hydroxyl groups excluding tert-OH is 1. The number of aromatic hydroxyl groups is 1. The summed E-state index contributed by atoms with van der Waals surface area (Å²) in [7, 11) is 0. The van der Waals surface area contributed by atoms with Crippen LogP contribution in [0, 0.1) is 0 Å². The minimum atomic E-state index is -1.02. The lowest BCUT2D eigenvalue weighted by Crippen LogP contribution is -2.54. The topological polar surface area (TPSA) is 114 Å². The minimum absolute atomic E-state index is 0.0183. The molecule has 0 radical (unpaired) electrons. The van der Waals surface area contributed by atoms with Gasteiger partial charge in [0.15, 0.2) is 0 Å². The molecule has 0 spiro atoms. The molecule has 2 aliphatic heterocycles. The van der Waals surface area contributed by atoms with Gasteiger partial charge in [0, 0.05) is 49.2 Å². The third-order valence-electron chi connectivity index (χ3n) is 8.28. The van der Waals surface area contributed by atoms with Crippen molar-refractivity contribution in [1.82, 2.24) is 10.2 Å². The van der Waals surface area contributed by atoms with E-state index in [9.17, 15) is 19.8 Å². The molecule has 1 aliphatic carbocycles. The molecule has 2 aromatic rings. The molecule has 9 nitrogen and oxygen atoms in total. The van der Waals surface area contributed by atoms with E-state index >= 15 is 0 Å². The summed E-state index contributed by atoms with van der Waals surface area (Å²) in [4.78, 5) is 30.4. The summed E-state index contributed by atoms with van der Waals surface area (Å²) in [6.07, 6.45) is 5.84. The Morgan fingerprint density at radius 2 is 1.78 bits per heavy atom. The summed E-state index contributed by atoms with van der Waals surface area (Å²) in [6, 6.07) is 10.9. The van der Waals surface area contributed by atoms with Gasteiger partial charge in [-0.3, -0.25) is 9.69 Å². The molecule has 0 bridgehead atoms. The predicted molar refractivity (Wildman–Crippen MR) is 159 cm³/mol. The number of benzene rings is 2. The molecule has 4 N–H and O–H groups in total. The third-order valence-corrected chi connectivity index (χ3v) is 8.28. The molecule has 3 aliphatic rings. The van der Waals surface area contributed by atoms with Gasteiger partial charge in [-0.1, -0.05) is 6.07 Å². The summed E-state index contributed by atoms with van der Waals surface area (Å²) in [6.45, 7) is 7.53. The number of phenols is 1. The lowest BCUT2D eigenvalue weighted by molar-refractivity contribution is -0.0113. The Bertz CT molecular complexity index is 1250. The first-order chi connectivity index (χ1) is 19.6. The molecule has 222 valence electrons. The zero-order valence-corrected chi connectivity index (χ0v) is 24.5. The van der Waals surface area contributed by atoms with Crippen molar-refractivity contribution in [1.29, 1.82) is 0 Å². The molecular formula is C32H44N4O5. The Morgan fingerprint density at radius 1 is 1.02 bits per heavy atom. The number of anilines is 2. The molecule has 2 heterocycles. The summed E-state index contributed by atoms with van der Waals surface area (Å²) in [5.41, 5.74) is 3.60. The van der Waals surface area contributed by atoms with Crippen LogP contribution in [0.3, 0.4) is 0 Å². The normalized spacial score (nSPS) is 20.0. The smallest absolute Gasteiger partial charge is 0.410 e. The second-order valence-electron chi connectivity index (χ2n) is 12.7. The lowest BCUT2D eigenvalue weighted by atomic mass is 9.91. The first-order valence-electron chi connectivity index (χ1n) is 15.0. The summed E-state index contributed by atoms with van der Waals surface area (Å²) >= 11 is 0. The Morgan fingerprint density at radius 3 is 2.46 bits per heavy atom. The van der Waals surface area contributed by atoms with Gasteiger partial charge in [-0.25, -0.2) is 4.79 Å². The number of nitrogens with zero attached hydrogens (tertiary/aromatic N) is 2. The van der Waals surface area contributed by atoms with Crippen LogP contribution >= 0.6 is 0 Å². The lowest BCUT2D eigenvalue weighted by Gasteiger charge is -2.40. The minimum Gasteiger partial charge on any atom is -0.508 e. The van der Waals surface area contributed by atoms with Crippen LogP contribution < -0.4 is 15.5 Å². The maximum Gasteiger partial charge on any atom is 0.410 e. The van der Waals surface area contributed by atoms with E-state index in [2.05, 4.69) is 21.6 Å². The van der Waals surface area contributed by atoms with Gasteiger partial charge in [-0.15, -0.1) is 0 Å². The quantitative estimate of drug-likeness (QED) is 0.382. The highest BCUT2D eigenvalue weighted by molar-refractivity contribution is 5.96. The van der Waals surface area contributed by atoms with Crippen LogP contribution in [0.15, 0.2) is 36.4 Å². The van der Waals surface area contributed by atoms with E-state index in [0.717, 1.165) is 61.3 Å². The van der Waals surface area contributed by atoms with E-state index in [1.165, 1.54) is 17.7 Å². The van der Waals surface area contributed by atoms with E-state index < -0.39 is 23.8 Å². The predicted octanol–water partition coefficient (Wildman–Crippen LogP) is 4.80. The van der Waals surface area contributed by atoms with Crippen LogP contribution in [0.1, 0.15) is 80.8 Å². The van der Waals surface area contributed by atoms with Crippen molar-refractivity contribution in [3.8, 4) is 5.75 Å². The zero-order valence-electron chi connectivity index (χ0n) is 24.5. The number of hydrogen-bond donors (Lipinski definition) is 4. The standard InChI is InChI=1S/C32H44N4O5/c1-32(2,3)41-31(40)36-20-23-16-27(37)11-10-21(23)17-28(36)29(38)19-33-30(39)22-14-25(34-24-8-7-9-24)18-26(15-22)35-12-5-4-6-13-35/h10-11,14-16,18,24,28-29,34,37-38H,4-9,12-13,17,19-20H2,1-3H3,(H,33,39)/t28-,29+/m0/s1. The van der Waals surface area contributed by atoms with Gasteiger partial charge in [0.25, 0.3) is 5.91 Å². The van der Waals surface area contributed by atoms with Crippen LogP contribution in [0.25, 0.3) is 0 Å². The number of hydrogen-bond acceptors (Lipinski definition) is 7. The second kappa shape index (κ2) is 12.2. The average molecular weight is 565 g/mol. The molecule has 9 heteroatoms. The van der Waals surface area contributed by atoms with Crippen molar-refractivity contribution in [2.75, 3.05) is 29.9 Å². The molecule has 5 rings (SSSR count). The zero-order chi connectivity index (χ0) is 29.1. The molecule has 2 atom stereocenters. The van der Waals surface area contributed by atoms with E-state index in [4.69, 9.17) is 4.74 Å². The number of ether oxygens (including phenoxy) is 1. The Labute approximate surface area is 242 Å². The molecule has 2 amide bonds. The van der Waals surface area contributed by atoms with Crippen molar-refractivity contribution in [3.05, 3.63) is 53.1 Å². The molecule has 0 aromatic heterocycles. The van der Waals surface area contributed by atoms with Crippen LogP contribution in [0.5, 0.6) is 5.75 Å². The summed E-state index contributed by atoms with van der Waals surface area (Å²) < 4.78 is 5.64. The summed E-state index contributed by atoms with van der Waals surface area (Å²) in [5.74, 6) is -0.137. The molecule has 1 saturated carbocycles. The number of nitrogens with one attached hydrogen (secondary N) is 2. The van der Waals surface area contributed by atoms with Gasteiger partial charge >= 0.3 is 6.09 Å². The SMILES string of the molecule is CC(C)(C)OC(=O)N1Cc2cc(O)ccc2C[C@H]1[C@H](O)CNC(=O)c1cc(NC2CCC2)cc(N2CCCCC2)c1. The van der Waals surface area contributed by atoms with Gasteiger partial charge in [-0.2, -0.15) is 0 Å². The number of phenolic OH excluding ortho intramolecular Hbond substituents is 1. The highest BCUT2D eigenvalue weighted by atomic mass is 16.6. The number of aliphatic hydroxyl groups is 1.